The first-order valence-electron chi connectivity index (χ1n) is 9.87. The molecule has 0 bridgehead atoms. The van der Waals surface area contributed by atoms with Crippen LogP contribution in [-0.4, -0.2) is 11.1 Å². The largest absolute Gasteiger partial charge is 0.481 e. The van der Waals surface area contributed by atoms with Crippen LogP contribution in [0.1, 0.15) is 104 Å². The number of hydrogen-bond acceptors (Lipinski definition) is 1. The Balaban J connectivity index is 2.21. The summed E-state index contributed by atoms with van der Waals surface area (Å²) in [7, 11) is 0. The molecule has 1 fully saturated rings. The van der Waals surface area contributed by atoms with Crippen LogP contribution < -0.4 is 0 Å². The molecular weight excluding hydrogens is 272 g/mol. The lowest BCUT2D eigenvalue weighted by molar-refractivity contribution is -0.137. The van der Waals surface area contributed by atoms with E-state index in [2.05, 4.69) is 13.8 Å². The lowest BCUT2D eigenvalue weighted by atomic mass is 9.69. The van der Waals surface area contributed by atoms with E-state index >= 15 is 0 Å². The van der Waals surface area contributed by atoms with Crippen molar-refractivity contribution in [3.05, 3.63) is 0 Å². The molecule has 1 aliphatic carbocycles. The molecule has 2 heteroatoms. The molecule has 22 heavy (non-hydrogen) atoms. The van der Waals surface area contributed by atoms with Crippen molar-refractivity contribution in [3.8, 4) is 0 Å². The fourth-order valence-electron chi connectivity index (χ4n) is 4.32. The second kappa shape index (κ2) is 12.0. The Kier molecular flexibility index (Phi) is 10.6. The van der Waals surface area contributed by atoms with Crippen LogP contribution >= 0.6 is 0 Å². The molecule has 2 nitrogen and oxygen atoms in total. The molecule has 130 valence electrons. The maximum atomic E-state index is 10.5. The molecule has 0 aromatic rings. The van der Waals surface area contributed by atoms with Gasteiger partial charge in [-0.1, -0.05) is 84.5 Å². The Bertz CT molecular complexity index is 287. The van der Waals surface area contributed by atoms with Crippen molar-refractivity contribution < 1.29 is 9.90 Å². The minimum Gasteiger partial charge on any atom is -0.481 e. The van der Waals surface area contributed by atoms with Crippen LogP contribution in [0.5, 0.6) is 0 Å². The zero-order valence-electron chi connectivity index (χ0n) is 15.0. The van der Waals surface area contributed by atoms with Gasteiger partial charge in [0.1, 0.15) is 0 Å². The van der Waals surface area contributed by atoms with Gasteiger partial charge in [0.2, 0.25) is 0 Å². The summed E-state index contributed by atoms with van der Waals surface area (Å²) in [6.07, 6.45) is 17.6. The topological polar surface area (TPSA) is 37.3 Å². The first kappa shape index (κ1) is 19.5. The fraction of sp³-hybridized carbons (Fsp3) is 0.950. The van der Waals surface area contributed by atoms with E-state index in [0.29, 0.717) is 6.42 Å². The molecule has 0 spiro atoms. The summed E-state index contributed by atoms with van der Waals surface area (Å²) < 4.78 is 0. The van der Waals surface area contributed by atoms with Crippen LogP contribution in [-0.2, 0) is 4.79 Å². The van der Waals surface area contributed by atoms with Gasteiger partial charge in [-0.25, -0.2) is 0 Å². The number of carbonyl (C=O) groups is 1. The van der Waals surface area contributed by atoms with Crippen molar-refractivity contribution in [1.29, 1.82) is 0 Å². The molecule has 1 aliphatic rings. The third-order valence-corrected chi connectivity index (χ3v) is 5.68. The molecule has 0 aromatic carbocycles. The summed E-state index contributed by atoms with van der Waals surface area (Å²) >= 11 is 0. The molecule has 0 aromatic heterocycles. The molecule has 1 saturated carbocycles. The number of rotatable bonds is 12. The highest BCUT2D eigenvalue weighted by atomic mass is 16.4. The van der Waals surface area contributed by atoms with Gasteiger partial charge in [-0.3, -0.25) is 4.79 Å². The van der Waals surface area contributed by atoms with E-state index in [-0.39, 0.29) is 0 Å². The van der Waals surface area contributed by atoms with Gasteiger partial charge < -0.3 is 5.11 Å². The minimum absolute atomic E-state index is 0.347. The smallest absolute Gasteiger partial charge is 0.303 e. The van der Waals surface area contributed by atoms with Gasteiger partial charge in [0.15, 0.2) is 0 Å². The monoisotopic (exact) mass is 310 g/mol. The van der Waals surface area contributed by atoms with E-state index in [0.717, 1.165) is 30.6 Å². The van der Waals surface area contributed by atoms with Crippen LogP contribution in [0.15, 0.2) is 0 Å². The van der Waals surface area contributed by atoms with Gasteiger partial charge in [-0.05, 0) is 30.6 Å². The second-order valence-corrected chi connectivity index (χ2v) is 7.53. The van der Waals surface area contributed by atoms with E-state index in [4.69, 9.17) is 5.11 Å². The predicted octanol–water partition coefficient (Wildman–Crippen LogP) is 6.43. The van der Waals surface area contributed by atoms with Crippen molar-refractivity contribution >= 4 is 5.97 Å². The maximum Gasteiger partial charge on any atom is 0.303 e. The third kappa shape index (κ3) is 8.19. The first-order chi connectivity index (χ1) is 10.6. The summed E-state index contributed by atoms with van der Waals surface area (Å²) in [6, 6.07) is 0. The fourth-order valence-corrected chi connectivity index (χ4v) is 4.32. The van der Waals surface area contributed by atoms with Gasteiger partial charge in [0, 0.05) is 6.42 Å². The average molecular weight is 311 g/mol. The summed E-state index contributed by atoms with van der Waals surface area (Å²) in [6.45, 7) is 4.75. The quantitative estimate of drug-likeness (QED) is 0.421. The van der Waals surface area contributed by atoms with E-state index in [1.165, 1.54) is 70.6 Å². The summed E-state index contributed by atoms with van der Waals surface area (Å²) in [5.41, 5.74) is 0. The lowest BCUT2D eigenvalue weighted by Gasteiger charge is -2.37. The highest BCUT2D eigenvalue weighted by Crippen LogP contribution is 2.40. The molecule has 3 atom stereocenters. The van der Waals surface area contributed by atoms with Gasteiger partial charge in [0.05, 0.1) is 0 Å². The van der Waals surface area contributed by atoms with Gasteiger partial charge in [-0.2, -0.15) is 0 Å². The normalized spacial score (nSPS) is 25.3. The number of carboxylic acids is 1. The van der Waals surface area contributed by atoms with Crippen LogP contribution in [0.25, 0.3) is 0 Å². The predicted molar refractivity (Wildman–Crippen MR) is 94.1 cm³/mol. The molecule has 0 saturated heterocycles. The number of carboxylic acid groups (broad SMARTS) is 1. The molecule has 1 N–H and O–H groups in total. The van der Waals surface area contributed by atoms with Crippen LogP contribution in [0.4, 0.5) is 0 Å². The highest BCUT2D eigenvalue weighted by Gasteiger charge is 2.29. The van der Waals surface area contributed by atoms with Gasteiger partial charge in [-0.15, -0.1) is 0 Å². The average Bonchev–Trinajstić information content (AvgIpc) is 2.49. The Labute approximate surface area is 138 Å². The number of unbranched alkanes of at least 4 members (excludes halogenated alkanes) is 6. The molecule has 3 unspecified atom stereocenters. The van der Waals surface area contributed by atoms with Crippen LogP contribution in [0, 0.1) is 17.8 Å². The Morgan fingerprint density at radius 3 is 2.36 bits per heavy atom. The summed E-state index contributed by atoms with van der Waals surface area (Å²) in [5.74, 6) is 2.17. The van der Waals surface area contributed by atoms with E-state index < -0.39 is 5.97 Å². The molecule has 0 radical (unpaired) electrons. The molecule has 0 amide bonds. The van der Waals surface area contributed by atoms with Crippen molar-refractivity contribution in [2.45, 2.75) is 104 Å². The summed E-state index contributed by atoms with van der Waals surface area (Å²) in [4.78, 5) is 10.5. The minimum atomic E-state index is -0.645. The van der Waals surface area contributed by atoms with Crippen LogP contribution in [0.3, 0.4) is 0 Å². The Hall–Kier alpha value is -0.530. The standard InChI is InChI=1S/C20H38O2/c1-3-4-5-8-13-18-14-11-12-17(2)19(18)15-9-6-7-10-16-20(21)22/h17-19H,3-16H2,1-2H3,(H,21,22). The van der Waals surface area contributed by atoms with Crippen LogP contribution in [0.2, 0.25) is 0 Å². The van der Waals surface area contributed by atoms with E-state index in [9.17, 15) is 4.79 Å². The van der Waals surface area contributed by atoms with Crippen molar-refractivity contribution in [1.82, 2.24) is 0 Å². The van der Waals surface area contributed by atoms with Crippen molar-refractivity contribution in [2.75, 3.05) is 0 Å². The molecule has 1 rings (SSSR count). The number of aliphatic carboxylic acids is 1. The maximum absolute atomic E-state index is 10.5. The molecule has 0 aliphatic heterocycles. The van der Waals surface area contributed by atoms with Gasteiger partial charge in [0.25, 0.3) is 0 Å². The zero-order chi connectivity index (χ0) is 16.2. The lowest BCUT2D eigenvalue weighted by Crippen LogP contribution is -2.26. The van der Waals surface area contributed by atoms with E-state index in [1.54, 1.807) is 0 Å². The SMILES string of the molecule is CCCCCCC1CCCC(C)C1CCCCCCC(=O)O. The zero-order valence-corrected chi connectivity index (χ0v) is 15.0. The molecule has 0 heterocycles. The first-order valence-corrected chi connectivity index (χ1v) is 9.87. The van der Waals surface area contributed by atoms with Crippen molar-refractivity contribution in [3.63, 3.8) is 0 Å². The van der Waals surface area contributed by atoms with Gasteiger partial charge >= 0.3 is 5.97 Å². The summed E-state index contributed by atoms with van der Waals surface area (Å²) in [5, 5.41) is 8.66. The Morgan fingerprint density at radius 1 is 0.955 bits per heavy atom. The highest BCUT2D eigenvalue weighted by molar-refractivity contribution is 5.66. The third-order valence-electron chi connectivity index (χ3n) is 5.68. The number of hydrogen-bond donors (Lipinski definition) is 1. The van der Waals surface area contributed by atoms with E-state index in [1.807, 2.05) is 0 Å². The Morgan fingerprint density at radius 2 is 1.64 bits per heavy atom. The second-order valence-electron chi connectivity index (χ2n) is 7.53. The molecular formula is C20H38O2. The van der Waals surface area contributed by atoms with Crippen molar-refractivity contribution in [2.24, 2.45) is 17.8 Å².